The van der Waals surface area contributed by atoms with E-state index < -0.39 is 10.0 Å². The van der Waals surface area contributed by atoms with E-state index >= 15 is 0 Å². The highest BCUT2D eigenvalue weighted by Gasteiger charge is 2.15. The summed E-state index contributed by atoms with van der Waals surface area (Å²) >= 11 is 0. The molecule has 1 heterocycles. The summed E-state index contributed by atoms with van der Waals surface area (Å²) in [6, 6.07) is 16.4. The Balaban J connectivity index is 1.64. The van der Waals surface area contributed by atoms with Crippen LogP contribution in [-0.2, 0) is 10.0 Å². The Labute approximate surface area is 141 Å². The third-order valence-corrected chi connectivity index (χ3v) is 5.25. The van der Waals surface area contributed by atoms with Gasteiger partial charge in [-0.15, -0.1) is 0 Å². The minimum Gasteiger partial charge on any atom is -0.490 e. The predicted octanol–water partition coefficient (Wildman–Crippen LogP) is 2.90. The fourth-order valence-corrected chi connectivity index (χ4v) is 3.72. The summed E-state index contributed by atoms with van der Waals surface area (Å²) in [5, 5.41) is 0.982. The van der Waals surface area contributed by atoms with E-state index in [0.29, 0.717) is 11.3 Å². The molecule has 2 aromatic carbocycles. The van der Waals surface area contributed by atoms with Crippen molar-refractivity contribution in [2.75, 3.05) is 13.2 Å². The van der Waals surface area contributed by atoms with Gasteiger partial charge in [-0.25, -0.2) is 13.1 Å². The Hall–Kier alpha value is -2.44. The van der Waals surface area contributed by atoms with Crippen LogP contribution in [0.5, 0.6) is 5.75 Å². The van der Waals surface area contributed by atoms with Crippen molar-refractivity contribution in [1.82, 2.24) is 9.71 Å². The Bertz CT molecular complexity index is 950. The predicted molar refractivity (Wildman–Crippen MR) is 93.6 cm³/mol. The van der Waals surface area contributed by atoms with Crippen LogP contribution in [0.4, 0.5) is 0 Å². The molecule has 0 aliphatic rings. The Morgan fingerprint density at radius 3 is 2.67 bits per heavy atom. The van der Waals surface area contributed by atoms with Gasteiger partial charge in [0.15, 0.2) is 0 Å². The number of benzene rings is 2. The van der Waals surface area contributed by atoms with Gasteiger partial charge in [-0.3, -0.25) is 4.98 Å². The average Bonchev–Trinajstić information content (AvgIpc) is 2.59. The van der Waals surface area contributed by atoms with Crippen molar-refractivity contribution < 1.29 is 13.2 Å². The van der Waals surface area contributed by atoms with E-state index in [4.69, 9.17) is 4.74 Å². The zero-order chi connectivity index (χ0) is 17.0. The molecule has 6 heteroatoms. The first kappa shape index (κ1) is 16.4. The second-order valence-corrected chi connectivity index (χ2v) is 7.08. The molecule has 24 heavy (non-hydrogen) atoms. The van der Waals surface area contributed by atoms with Gasteiger partial charge >= 0.3 is 0 Å². The molecule has 0 bridgehead atoms. The van der Waals surface area contributed by atoms with Gasteiger partial charge < -0.3 is 4.74 Å². The van der Waals surface area contributed by atoms with Crippen molar-refractivity contribution in [3.8, 4) is 5.75 Å². The topological polar surface area (TPSA) is 68.3 Å². The number of hydrogen-bond donors (Lipinski definition) is 1. The van der Waals surface area contributed by atoms with E-state index in [9.17, 15) is 8.42 Å². The Morgan fingerprint density at radius 2 is 1.83 bits per heavy atom. The normalized spacial score (nSPS) is 11.5. The lowest BCUT2D eigenvalue weighted by Crippen LogP contribution is -2.28. The molecule has 1 N–H and O–H groups in total. The smallest absolute Gasteiger partial charge is 0.240 e. The summed E-state index contributed by atoms with van der Waals surface area (Å²) in [6.45, 7) is 2.17. The van der Waals surface area contributed by atoms with Crippen LogP contribution in [-0.4, -0.2) is 26.6 Å². The molecule has 0 saturated heterocycles. The lowest BCUT2D eigenvalue weighted by atomic mass is 10.2. The van der Waals surface area contributed by atoms with Crippen molar-refractivity contribution in [2.45, 2.75) is 11.8 Å². The third-order valence-electron chi connectivity index (χ3n) is 3.63. The third kappa shape index (κ3) is 3.55. The van der Waals surface area contributed by atoms with E-state index in [1.165, 1.54) is 0 Å². The summed E-state index contributed by atoms with van der Waals surface area (Å²) in [4.78, 5) is 4.59. The first-order valence-corrected chi connectivity index (χ1v) is 9.08. The van der Waals surface area contributed by atoms with E-state index in [2.05, 4.69) is 9.71 Å². The number of rotatable bonds is 6. The molecule has 3 rings (SSSR count). The van der Waals surface area contributed by atoms with Crippen LogP contribution in [0.2, 0.25) is 0 Å². The second kappa shape index (κ2) is 6.98. The van der Waals surface area contributed by atoms with Gasteiger partial charge in [-0.05, 0) is 30.7 Å². The first-order chi connectivity index (χ1) is 11.6. The first-order valence-electron chi connectivity index (χ1n) is 7.60. The van der Waals surface area contributed by atoms with Crippen LogP contribution < -0.4 is 9.46 Å². The molecular formula is C18H18N2O3S. The summed E-state index contributed by atoms with van der Waals surface area (Å²) < 4.78 is 32.8. The number of sulfonamides is 1. The lowest BCUT2D eigenvalue weighted by Gasteiger charge is -2.11. The summed E-state index contributed by atoms with van der Waals surface area (Å²) in [5.41, 5.74) is 1.48. The maximum atomic E-state index is 12.3. The maximum Gasteiger partial charge on any atom is 0.240 e. The number of hydrogen-bond acceptors (Lipinski definition) is 4. The highest BCUT2D eigenvalue weighted by Crippen LogP contribution is 2.22. The maximum absolute atomic E-state index is 12.3. The van der Waals surface area contributed by atoms with Crippen LogP contribution in [0, 0.1) is 6.92 Å². The Kier molecular flexibility index (Phi) is 4.78. The molecule has 0 unspecified atom stereocenters. The van der Waals surface area contributed by atoms with Crippen LogP contribution >= 0.6 is 0 Å². The molecule has 1 aromatic heterocycles. The molecule has 0 fully saturated rings. The summed E-state index contributed by atoms with van der Waals surface area (Å²) in [5.74, 6) is 0.642. The van der Waals surface area contributed by atoms with Crippen molar-refractivity contribution in [3.05, 3.63) is 66.4 Å². The molecule has 0 spiro atoms. The molecule has 0 aliphatic heterocycles. The largest absolute Gasteiger partial charge is 0.490 e. The molecule has 0 saturated carbocycles. The Morgan fingerprint density at radius 1 is 1.04 bits per heavy atom. The van der Waals surface area contributed by atoms with Gasteiger partial charge in [0, 0.05) is 18.1 Å². The van der Waals surface area contributed by atoms with E-state index in [1.54, 1.807) is 31.3 Å². The van der Waals surface area contributed by atoms with Crippen LogP contribution in [0.25, 0.3) is 10.9 Å². The van der Waals surface area contributed by atoms with E-state index in [0.717, 1.165) is 10.9 Å². The lowest BCUT2D eigenvalue weighted by molar-refractivity contribution is 0.326. The zero-order valence-corrected chi connectivity index (χ0v) is 14.1. The molecule has 0 atom stereocenters. The number of fused-ring (bicyclic) bond motifs is 1. The number of nitrogens with one attached hydrogen (secondary N) is 1. The minimum absolute atomic E-state index is 0.180. The SMILES string of the molecule is Cc1ccccc1S(=O)(=O)NCCOc1cccc2cccnc12. The number of ether oxygens (including phenoxy) is 1. The number of pyridine rings is 1. The molecule has 0 amide bonds. The number of aromatic nitrogens is 1. The number of para-hydroxylation sites is 1. The van der Waals surface area contributed by atoms with Crippen molar-refractivity contribution in [3.63, 3.8) is 0 Å². The van der Waals surface area contributed by atoms with Crippen LogP contribution in [0.1, 0.15) is 5.56 Å². The van der Waals surface area contributed by atoms with Crippen molar-refractivity contribution in [2.24, 2.45) is 0 Å². The molecule has 0 aliphatic carbocycles. The molecular weight excluding hydrogens is 324 g/mol. The monoisotopic (exact) mass is 342 g/mol. The van der Waals surface area contributed by atoms with Gasteiger partial charge in [-0.2, -0.15) is 0 Å². The quantitative estimate of drug-likeness (QED) is 0.700. The fraction of sp³-hybridized carbons (Fsp3) is 0.167. The molecule has 3 aromatic rings. The van der Waals surface area contributed by atoms with E-state index in [1.807, 2.05) is 36.4 Å². The highest BCUT2D eigenvalue weighted by atomic mass is 32.2. The standard InChI is InChI=1S/C18H18N2O3S/c1-14-6-2-3-10-17(14)24(21,22)20-12-13-23-16-9-4-7-15-8-5-11-19-18(15)16/h2-11,20H,12-13H2,1H3. The highest BCUT2D eigenvalue weighted by molar-refractivity contribution is 7.89. The summed E-state index contributed by atoms with van der Waals surface area (Å²) in [7, 11) is -3.53. The molecule has 124 valence electrons. The van der Waals surface area contributed by atoms with Gasteiger partial charge in [0.05, 0.1) is 4.90 Å². The van der Waals surface area contributed by atoms with Gasteiger partial charge in [0.25, 0.3) is 0 Å². The van der Waals surface area contributed by atoms with Gasteiger partial charge in [0.1, 0.15) is 17.9 Å². The van der Waals surface area contributed by atoms with Crippen LogP contribution in [0.15, 0.2) is 65.7 Å². The fourth-order valence-electron chi connectivity index (χ4n) is 2.47. The molecule has 0 radical (unpaired) electrons. The summed E-state index contributed by atoms with van der Waals surface area (Å²) in [6.07, 6.45) is 1.70. The van der Waals surface area contributed by atoms with Gasteiger partial charge in [0.2, 0.25) is 10.0 Å². The minimum atomic E-state index is -3.53. The molecule has 5 nitrogen and oxygen atoms in total. The second-order valence-electron chi connectivity index (χ2n) is 5.34. The van der Waals surface area contributed by atoms with Crippen molar-refractivity contribution >= 4 is 20.9 Å². The number of aryl methyl sites for hydroxylation is 1. The van der Waals surface area contributed by atoms with Gasteiger partial charge in [-0.1, -0.05) is 36.4 Å². The number of nitrogens with zero attached hydrogens (tertiary/aromatic N) is 1. The zero-order valence-electron chi connectivity index (χ0n) is 13.3. The van der Waals surface area contributed by atoms with E-state index in [-0.39, 0.29) is 18.0 Å². The van der Waals surface area contributed by atoms with Crippen molar-refractivity contribution in [1.29, 1.82) is 0 Å². The average molecular weight is 342 g/mol. The van der Waals surface area contributed by atoms with Crippen LogP contribution in [0.3, 0.4) is 0 Å².